The molecule has 28 heavy (non-hydrogen) atoms. The monoisotopic (exact) mass is 395 g/mol. The van der Waals surface area contributed by atoms with Crippen LogP contribution in [0.1, 0.15) is 31.5 Å². The van der Waals surface area contributed by atoms with Gasteiger partial charge in [-0.05, 0) is 30.2 Å². The number of nitrogens with zero attached hydrogens (tertiary/aromatic N) is 1. The third kappa shape index (κ3) is 5.40. The number of carbonyl (C=O) groups excluding carboxylic acids is 2. The molecule has 0 spiro atoms. The Morgan fingerprint density at radius 2 is 1.79 bits per heavy atom. The number of aromatic carboxylic acids is 1. The summed E-state index contributed by atoms with van der Waals surface area (Å²) in [6.45, 7) is 2.46. The number of thiazole rings is 1. The first-order valence-electron chi connectivity index (χ1n) is 8.71. The van der Waals surface area contributed by atoms with Crippen molar-refractivity contribution in [3.05, 3.63) is 81.3 Å². The Bertz CT molecular complexity index is 952. The SMILES string of the molecule is Cc1nc(CC(=O)NCc2ccc(OCc3ccccc3)cc2)sc1C(=O)[O-]. The maximum absolute atomic E-state index is 12.1. The number of aromatic nitrogens is 1. The van der Waals surface area contributed by atoms with Gasteiger partial charge in [0.1, 0.15) is 17.4 Å². The van der Waals surface area contributed by atoms with E-state index in [0.29, 0.717) is 23.9 Å². The van der Waals surface area contributed by atoms with Crippen molar-refractivity contribution in [3.8, 4) is 5.75 Å². The summed E-state index contributed by atoms with van der Waals surface area (Å²) in [6, 6.07) is 17.4. The van der Waals surface area contributed by atoms with Gasteiger partial charge in [0.25, 0.3) is 0 Å². The molecule has 0 atom stereocenters. The van der Waals surface area contributed by atoms with Crippen molar-refractivity contribution in [2.45, 2.75) is 26.5 Å². The highest BCUT2D eigenvalue weighted by molar-refractivity contribution is 7.13. The number of hydrogen-bond acceptors (Lipinski definition) is 6. The Hall–Kier alpha value is -3.19. The van der Waals surface area contributed by atoms with Crippen molar-refractivity contribution in [2.75, 3.05) is 0 Å². The molecule has 0 radical (unpaired) electrons. The number of nitrogens with one attached hydrogen (secondary N) is 1. The molecule has 0 unspecified atom stereocenters. The summed E-state index contributed by atoms with van der Waals surface area (Å²) in [7, 11) is 0. The van der Waals surface area contributed by atoms with Gasteiger partial charge in [-0.1, -0.05) is 42.5 Å². The molecule has 7 heteroatoms. The molecule has 0 saturated carbocycles. The number of carboxylic acids is 1. The van der Waals surface area contributed by atoms with Crippen molar-refractivity contribution < 1.29 is 19.4 Å². The molecule has 1 amide bonds. The summed E-state index contributed by atoms with van der Waals surface area (Å²) in [6.07, 6.45) is 0.0387. The van der Waals surface area contributed by atoms with E-state index in [9.17, 15) is 14.7 Å². The predicted octanol–water partition coefficient (Wildman–Crippen LogP) is 2.25. The molecule has 0 aliphatic heterocycles. The molecule has 2 aromatic carbocycles. The number of aryl methyl sites for hydroxylation is 1. The standard InChI is InChI=1S/C21H20N2O4S/c1-14-20(21(25)26)28-19(23-14)11-18(24)22-12-15-7-9-17(10-8-15)27-13-16-5-3-2-4-6-16/h2-10H,11-13H2,1H3,(H,22,24)(H,25,26)/p-1. The van der Waals surface area contributed by atoms with E-state index < -0.39 is 5.97 Å². The van der Waals surface area contributed by atoms with Crippen molar-refractivity contribution in [1.29, 1.82) is 0 Å². The molecule has 0 aliphatic rings. The van der Waals surface area contributed by atoms with Crippen LogP contribution in [0.15, 0.2) is 54.6 Å². The van der Waals surface area contributed by atoms with Crippen LogP contribution in [0.25, 0.3) is 0 Å². The van der Waals surface area contributed by atoms with Gasteiger partial charge in [-0.2, -0.15) is 0 Å². The van der Waals surface area contributed by atoms with Crippen LogP contribution in [0.4, 0.5) is 0 Å². The van der Waals surface area contributed by atoms with Crippen LogP contribution in [0.2, 0.25) is 0 Å². The number of benzene rings is 2. The summed E-state index contributed by atoms with van der Waals surface area (Å²) in [5.74, 6) is -0.730. The number of hydrogen-bond donors (Lipinski definition) is 1. The van der Waals surface area contributed by atoms with E-state index in [4.69, 9.17) is 4.74 Å². The van der Waals surface area contributed by atoms with Crippen molar-refractivity contribution in [2.24, 2.45) is 0 Å². The Balaban J connectivity index is 1.47. The van der Waals surface area contributed by atoms with Gasteiger partial charge in [0.2, 0.25) is 5.91 Å². The minimum absolute atomic E-state index is 0.0387. The summed E-state index contributed by atoms with van der Waals surface area (Å²) in [4.78, 5) is 27.2. The average molecular weight is 395 g/mol. The Morgan fingerprint density at radius 3 is 2.43 bits per heavy atom. The zero-order chi connectivity index (χ0) is 19.9. The minimum Gasteiger partial charge on any atom is -0.544 e. The van der Waals surface area contributed by atoms with E-state index >= 15 is 0 Å². The van der Waals surface area contributed by atoms with Crippen molar-refractivity contribution in [3.63, 3.8) is 0 Å². The number of ether oxygens (including phenoxy) is 1. The summed E-state index contributed by atoms with van der Waals surface area (Å²) < 4.78 is 5.74. The lowest BCUT2D eigenvalue weighted by atomic mass is 10.2. The average Bonchev–Trinajstić information content (AvgIpc) is 3.06. The molecule has 3 rings (SSSR count). The third-order valence-electron chi connectivity index (χ3n) is 4.00. The van der Waals surface area contributed by atoms with Crippen LogP contribution in [0.5, 0.6) is 5.75 Å². The van der Waals surface area contributed by atoms with Crippen molar-refractivity contribution >= 4 is 23.2 Å². The van der Waals surface area contributed by atoms with E-state index in [1.165, 1.54) is 0 Å². The number of amides is 1. The van der Waals surface area contributed by atoms with Crippen LogP contribution in [-0.2, 0) is 24.4 Å². The van der Waals surface area contributed by atoms with E-state index in [1.807, 2.05) is 54.6 Å². The fourth-order valence-corrected chi connectivity index (χ4v) is 3.46. The zero-order valence-electron chi connectivity index (χ0n) is 15.3. The molecule has 0 saturated heterocycles. The summed E-state index contributed by atoms with van der Waals surface area (Å²) in [5, 5.41) is 14.2. The molecule has 0 aliphatic carbocycles. The van der Waals surface area contributed by atoms with Gasteiger partial charge < -0.3 is 20.0 Å². The Labute approximate surface area is 166 Å². The van der Waals surface area contributed by atoms with Crippen LogP contribution in [0.3, 0.4) is 0 Å². The second kappa shape index (κ2) is 9.14. The van der Waals surface area contributed by atoms with Crippen LogP contribution in [0, 0.1) is 6.92 Å². The summed E-state index contributed by atoms with van der Waals surface area (Å²) in [5.41, 5.74) is 2.41. The highest BCUT2D eigenvalue weighted by Crippen LogP contribution is 2.18. The van der Waals surface area contributed by atoms with Crippen LogP contribution in [-0.4, -0.2) is 16.9 Å². The lowest BCUT2D eigenvalue weighted by Gasteiger charge is -2.08. The van der Waals surface area contributed by atoms with E-state index in [2.05, 4.69) is 10.3 Å². The van der Waals surface area contributed by atoms with Gasteiger partial charge in [-0.3, -0.25) is 4.79 Å². The van der Waals surface area contributed by atoms with Gasteiger partial charge in [0.05, 0.1) is 23.0 Å². The lowest BCUT2D eigenvalue weighted by molar-refractivity contribution is -0.254. The molecule has 1 heterocycles. The smallest absolute Gasteiger partial charge is 0.227 e. The summed E-state index contributed by atoms with van der Waals surface area (Å²) >= 11 is 0.973. The molecular formula is C21H19N2O4S-. The highest BCUT2D eigenvalue weighted by Gasteiger charge is 2.12. The topological polar surface area (TPSA) is 91.3 Å². The molecule has 0 fully saturated rings. The second-order valence-corrected chi connectivity index (χ2v) is 7.26. The Kier molecular flexibility index (Phi) is 6.39. The van der Waals surface area contributed by atoms with E-state index in [-0.39, 0.29) is 17.2 Å². The van der Waals surface area contributed by atoms with Gasteiger partial charge >= 0.3 is 0 Å². The molecule has 144 valence electrons. The van der Waals surface area contributed by atoms with Gasteiger partial charge in [0, 0.05) is 6.54 Å². The Morgan fingerprint density at radius 1 is 1.07 bits per heavy atom. The highest BCUT2D eigenvalue weighted by atomic mass is 32.1. The maximum Gasteiger partial charge on any atom is 0.227 e. The first-order chi connectivity index (χ1) is 13.5. The van der Waals surface area contributed by atoms with E-state index in [0.717, 1.165) is 28.2 Å². The molecule has 3 aromatic rings. The fourth-order valence-electron chi connectivity index (χ4n) is 2.56. The fraction of sp³-hybridized carbons (Fsp3) is 0.190. The lowest BCUT2D eigenvalue weighted by Crippen LogP contribution is -2.24. The normalized spacial score (nSPS) is 10.5. The first kappa shape index (κ1) is 19.6. The quantitative estimate of drug-likeness (QED) is 0.632. The number of rotatable bonds is 8. The zero-order valence-corrected chi connectivity index (χ0v) is 16.1. The number of carbonyl (C=O) groups is 2. The van der Waals surface area contributed by atoms with Crippen LogP contribution >= 0.6 is 11.3 Å². The molecular weight excluding hydrogens is 376 g/mol. The molecule has 0 bridgehead atoms. The third-order valence-corrected chi connectivity index (χ3v) is 5.14. The molecule has 1 N–H and O–H groups in total. The maximum atomic E-state index is 12.1. The van der Waals surface area contributed by atoms with Gasteiger partial charge in [0.15, 0.2) is 0 Å². The second-order valence-electron chi connectivity index (χ2n) is 6.18. The van der Waals surface area contributed by atoms with Crippen molar-refractivity contribution in [1.82, 2.24) is 10.3 Å². The van der Waals surface area contributed by atoms with Gasteiger partial charge in [-0.15, -0.1) is 11.3 Å². The number of carboxylic acid groups (broad SMARTS) is 1. The molecule has 1 aromatic heterocycles. The van der Waals surface area contributed by atoms with Gasteiger partial charge in [-0.25, -0.2) is 4.98 Å². The first-order valence-corrected chi connectivity index (χ1v) is 9.53. The largest absolute Gasteiger partial charge is 0.544 e. The minimum atomic E-state index is -1.27. The predicted molar refractivity (Wildman–Crippen MR) is 104 cm³/mol. The molecule has 6 nitrogen and oxygen atoms in total. The van der Waals surface area contributed by atoms with E-state index in [1.54, 1.807) is 6.92 Å². The van der Waals surface area contributed by atoms with Crippen LogP contribution < -0.4 is 15.2 Å².